The van der Waals surface area contributed by atoms with Crippen LogP contribution >= 0.6 is 12.2 Å². The van der Waals surface area contributed by atoms with Crippen molar-refractivity contribution in [1.29, 1.82) is 0 Å². The molecule has 0 saturated carbocycles. The summed E-state index contributed by atoms with van der Waals surface area (Å²) in [6.45, 7) is 2.33. The van der Waals surface area contributed by atoms with Gasteiger partial charge < -0.3 is 15.0 Å². The number of carbonyl (C=O) groups excluding carboxylic acids is 2. The van der Waals surface area contributed by atoms with Gasteiger partial charge in [0, 0.05) is 26.2 Å². The van der Waals surface area contributed by atoms with E-state index >= 15 is 0 Å². The fraction of sp³-hybridized carbons (Fsp3) is 0.286. The van der Waals surface area contributed by atoms with Crippen LogP contribution < -0.4 is 15.4 Å². The van der Waals surface area contributed by atoms with Crippen LogP contribution in [0.3, 0.4) is 0 Å². The molecular formula is C21H25N3O3S. The molecule has 0 spiro atoms. The van der Waals surface area contributed by atoms with Crippen LogP contribution in [-0.4, -0.2) is 42.5 Å². The highest BCUT2D eigenvalue weighted by Crippen LogP contribution is 2.18. The van der Waals surface area contributed by atoms with Crippen molar-refractivity contribution >= 4 is 34.8 Å². The van der Waals surface area contributed by atoms with Gasteiger partial charge in [0.1, 0.15) is 5.75 Å². The summed E-state index contributed by atoms with van der Waals surface area (Å²) < 4.78 is 5.48. The third-order valence-corrected chi connectivity index (χ3v) is 4.17. The van der Waals surface area contributed by atoms with E-state index in [4.69, 9.17) is 17.0 Å². The topological polar surface area (TPSA) is 70.7 Å². The molecule has 28 heavy (non-hydrogen) atoms. The van der Waals surface area contributed by atoms with Crippen LogP contribution in [0.5, 0.6) is 5.75 Å². The molecular weight excluding hydrogens is 374 g/mol. The molecule has 2 aromatic rings. The summed E-state index contributed by atoms with van der Waals surface area (Å²) in [6.07, 6.45) is 1.07. The van der Waals surface area contributed by atoms with Gasteiger partial charge in [0.05, 0.1) is 12.2 Å². The van der Waals surface area contributed by atoms with Gasteiger partial charge in [-0.2, -0.15) is 0 Å². The zero-order chi connectivity index (χ0) is 20.5. The number of hydrogen-bond acceptors (Lipinski definition) is 4. The summed E-state index contributed by atoms with van der Waals surface area (Å²) in [5, 5.41) is 5.87. The van der Waals surface area contributed by atoms with E-state index in [-0.39, 0.29) is 16.9 Å². The molecule has 0 unspecified atom stereocenters. The van der Waals surface area contributed by atoms with Crippen LogP contribution in [0.15, 0.2) is 48.5 Å². The number of benzene rings is 2. The van der Waals surface area contributed by atoms with E-state index in [9.17, 15) is 9.59 Å². The first-order chi connectivity index (χ1) is 13.4. The molecule has 0 fully saturated rings. The van der Waals surface area contributed by atoms with Crippen molar-refractivity contribution < 1.29 is 14.3 Å². The zero-order valence-electron chi connectivity index (χ0n) is 16.3. The second kappa shape index (κ2) is 10.4. The highest BCUT2D eigenvalue weighted by atomic mass is 32.1. The van der Waals surface area contributed by atoms with Gasteiger partial charge in [-0.1, -0.05) is 24.3 Å². The number of hydrogen-bond donors (Lipinski definition) is 2. The Hall–Kier alpha value is -2.93. The molecule has 2 N–H and O–H groups in total. The lowest BCUT2D eigenvalue weighted by atomic mass is 10.1. The monoisotopic (exact) mass is 399 g/mol. The second-order valence-electron chi connectivity index (χ2n) is 6.33. The summed E-state index contributed by atoms with van der Waals surface area (Å²) in [5.74, 6) is 0.251. The van der Waals surface area contributed by atoms with Gasteiger partial charge in [-0.15, -0.1) is 0 Å². The second-order valence-corrected chi connectivity index (χ2v) is 6.73. The average Bonchev–Trinajstić information content (AvgIpc) is 2.66. The maximum absolute atomic E-state index is 12.5. The molecule has 0 bridgehead atoms. The minimum Gasteiger partial charge on any atom is -0.493 e. The minimum atomic E-state index is -0.339. The molecule has 0 saturated heterocycles. The van der Waals surface area contributed by atoms with Crippen LogP contribution in [0.1, 0.15) is 29.3 Å². The highest BCUT2D eigenvalue weighted by Gasteiger charge is 2.13. The Bertz CT molecular complexity index is 852. The predicted octanol–water partition coefficient (Wildman–Crippen LogP) is 3.23. The molecule has 2 aromatic carbocycles. The molecule has 2 amide bonds. The fourth-order valence-electron chi connectivity index (χ4n) is 2.55. The molecule has 0 aliphatic carbocycles. The van der Waals surface area contributed by atoms with Crippen molar-refractivity contribution in [3.05, 3.63) is 59.7 Å². The lowest BCUT2D eigenvalue weighted by Gasteiger charge is -2.13. The Balaban J connectivity index is 1.97. The number of nitrogens with one attached hydrogen (secondary N) is 2. The van der Waals surface area contributed by atoms with Gasteiger partial charge in [-0.25, -0.2) is 0 Å². The number of rotatable bonds is 7. The van der Waals surface area contributed by atoms with Gasteiger partial charge in [0.25, 0.3) is 5.91 Å². The lowest BCUT2D eigenvalue weighted by molar-refractivity contribution is -0.128. The summed E-state index contributed by atoms with van der Waals surface area (Å²) in [6, 6.07) is 14.6. The number of nitrogens with zero attached hydrogens (tertiary/aromatic N) is 1. The third-order valence-electron chi connectivity index (χ3n) is 3.97. The van der Waals surface area contributed by atoms with Gasteiger partial charge in [0.15, 0.2) is 5.11 Å². The van der Waals surface area contributed by atoms with Crippen LogP contribution in [0.4, 0.5) is 5.69 Å². The Kier molecular flexibility index (Phi) is 7.95. The summed E-state index contributed by atoms with van der Waals surface area (Å²) in [5.41, 5.74) is 2.18. The average molecular weight is 400 g/mol. The van der Waals surface area contributed by atoms with Crippen LogP contribution in [-0.2, 0) is 11.2 Å². The quantitative estimate of drug-likeness (QED) is 0.700. The smallest absolute Gasteiger partial charge is 0.261 e. The van der Waals surface area contributed by atoms with Crippen LogP contribution in [0, 0.1) is 0 Å². The molecule has 0 aliphatic rings. The first-order valence-electron chi connectivity index (χ1n) is 9.04. The van der Waals surface area contributed by atoms with E-state index in [2.05, 4.69) is 10.6 Å². The normalized spacial score (nSPS) is 10.1. The molecule has 0 aromatic heterocycles. The van der Waals surface area contributed by atoms with E-state index in [0.29, 0.717) is 30.8 Å². The maximum atomic E-state index is 12.5. The largest absolute Gasteiger partial charge is 0.493 e. The molecule has 7 heteroatoms. The van der Waals surface area contributed by atoms with Crippen molar-refractivity contribution in [2.24, 2.45) is 0 Å². The predicted molar refractivity (Wildman–Crippen MR) is 115 cm³/mol. The van der Waals surface area contributed by atoms with Crippen LogP contribution in [0.2, 0.25) is 0 Å². The van der Waals surface area contributed by atoms with E-state index in [1.807, 2.05) is 37.3 Å². The van der Waals surface area contributed by atoms with Crippen molar-refractivity contribution in [1.82, 2.24) is 10.2 Å². The Labute approximate surface area is 170 Å². The van der Waals surface area contributed by atoms with Crippen molar-refractivity contribution in [2.45, 2.75) is 19.8 Å². The summed E-state index contributed by atoms with van der Waals surface area (Å²) >= 11 is 5.26. The first-order valence-corrected chi connectivity index (χ1v) is 9.44. The minimum absolute atomic E-state index is 0.0779. The Morgan fingerprint density at radius 2 is 1.86 bits per heavy atom. The van der Waals surface area contributed by atoms with Crippen LogP contribution in [0.25, 0.3) is 0 Å². The number of ether oxygens (including phenoxy) is 1. The molecule has 0 atom stereocenters. The molecule has 148 valence electrons. The lowest BCUT2D eigenvalue weighted by Crippen LogP contribution is -2.34. The van der Waals surface area contributed by atoms with Gasteiger partial charge in [-0.3, -0.25) is 14.9 Å². The molecule has 0 heterocycles. The van der Waals surface area contributed by atoms with Gasteiger partial charge in [0.2, 0.25) is 5.91 Å². The highest BCUT2D eigenvalue weighted by molar-refractivity contribution is 7.80. The number of anilines is 1. The van der Waals surface area contributed by atoms with E-state index < -0.39 is 0 Å². The van der Waals surface area contributed by atoms with E-state index in [1.54, 1.807) is 37.2 Å². The van der Waals surface area contributed by atoms with Crippen molar-refractivity contribution in [2.75, 3.05) is 26.0 Å². The van der Waals surface area contributed by atoms with E-state index in [0.717, 1.165) is 11.3 Å². The van der Waals surface area contributed by atoms with Gasteiger partial charge >= 0.3 is 0 Å². The SMILES string of the molecule is CCOc1ccccc1C(=O)NC(=S)Nc1cccc(CCC(=O)N(C)C)c1. The first kappa shape index (κ1) is 21.4. The molecule has 0 radical (unpaired) electrons. The number of amides is 2. The third kappa shape index (κ3) is 6.35. The molecule has 6 nitrogen and oxygen atoms in total. The fourth-order valence-corrected chi connectivity index (χ4v) is 2.76. The standard InChI is InChI=1S/C21H25N3O3S/c1-4-27-18-11-6-5-10-17(18)20(26)23-21(28)22-16-9-7-8-15(14-16)12-13-19(25)24(2)3/h5-11,14H,4,12-13H2,1-3H3,(H2,22,23,26,28). The van der Waals surface area contributed by atoms with Crippen molar-refractivity contribution in [3.63, 3.8) is 0 Å². The number of thiocarbonyl (C=S) groups is 1. The zero-order valence-corrected chi connectivity index (χ0v) is 17.1. The number of para-hydroxylation sites is 1. The van der Waals surface area contributed by atoms with Crippen molar-refractivity contribution in [3.8, 4) is 5.75 Å². The van der Waals surface area contributed by atoms with Gasteiger partial charge in [-0.05, 0) is 55.4 Å². The Morgan fingerprint density at radius 3 is 2.57 bits per heavy atom. The summed E-state index contributed by atoms with van der Waals surface area (Å²) in [4.78, 5) is 25.8. The number of aryl methyl sites for hydroxylation is 1. The summed E-state index contributed by atoms with van der Waals surface area (Å²) in [7, 11) is 3.48. The van der Waals surface area contributed by atoms with E-state index in [1.165, 1.54) is 0 Å². The number of carbonyl (C=O) groups is 2. The Morgan fingerprint density at radius 1 is 1.11 bits per heavy atom. The maximum Gasteiger partial charge on any atom is 0.261 e. The molecule has 0 aliphatic heterocycles. The molecule has 2 rings (SSSR count).